The smallest absolute Gasteiger partial charge is 0.257 e. The summed E-state index contributed by atoms with van der Waals surface area (Å²) in [7, 11) is 1.62. The van der Waals surface area contributed by atoms with Gasteiger partial charge in [0.2, 0.25) is 0 Å². The Morgan fingerprint density at radius 1 is 1.17 bits per heavy atom. The normalized spacial score (nSPS) is 11.0. The fraction of sp³-hybridized carbons (Fsp3) is 0.318. The van der Waals surface area contributed by atoms with E-state index in [1.165, 1.54) is 0 Å². The number of aliphatic hydroxyl groups excluding tert-OH is 1. The average molecular weight is 414 g/mol. The van der Waals surface area contributed by atoms with Crippen LogP contribution in [0.2, 0.25) is 5.02 Å². The maximum Gasteiger partial charge on any atom is 0.257 e. The van der Waals surface area contributed by atoms with Crippen molar-refractivity contribution in [2.75, 3.05) is 13.7 Å². The molecule has 29 heavy (non-hydrogen) atoms. The van der Waals surface area contributed by atoms with Gasteiger partial charge in [-0.3, -0.25) is 14.3 Å². The number of ether oxygens (including phenoxy) is 1. The largest absolute Gasteiger partial charge is 0.496 e. The van der Waals surface area contributed by atoms with Crippen LogP contribution < -0.4 is 10.3 Å². The Bertz CT molecular complexity index is 1090. The van der Waals surface area contributed by atoms with Gasteiger partial charge in [-0.1, -0.05) is 11.6 Å². The standard InChI is InChI=1S/C22H24ClN3O3/c1-13-11-24-19(14(2)20(13)29-4)12-26-21(16-5-7-17(23)8-6-16)25-15(3)18(9-10-27)22(26)28/h5-8,11,27H,9-10,12H2,1-4H3. The van der Waals surface area contributed by atoms with Gasteiger partial charge in [0.1, 0.15) is 11.6 Å². The number of aryl methyl sites for hydroxylation is 2. The molecule has 6 nitrogen and oxygen atoms in total. The van der Waals surface area contributed by atoms with Crippen molar-refractivity contribution in [2.24, 2.45) is 0 Å². The molecule has 3 aromatic rings. The molecular formula is C22H24ClN3O3. The van der Waals surface area contributed by atoms with Gasteiger partial charge in [0, 0.05) is 52.2 Å². The fourth-order valence-electron chi connectivity index (χ4n) is 3.45. The van der Waals surface area contributed by atoms with E-state index in [2.05, 4.69) is 9.97 Å². The number of methoxy groups -OCH3 is 1. The Balaban J connectivity index is 2.22. The van der Waals surface area contributed by atoms with E-state index in [0.717, 1.165) is 28.1 Å². The molecule has 0 radical (unpaired) electrons. The third-order valence-corrected chi connectivity index (χ3v) is 5.24. The molecule has 3 rings (SSSR count). The zero-order chi connectivity index (χ0) is 21.1. The number of halogens is 1. The summed E-state index contributed by atoms with van der Waals surface area (Å²) in [4.78, 5) is 22.5. The molecule has 2 heterocycles. The first kappa shape index (κ1) is 21.0. The number of benzene rings is 1. The molecule has 0 saturated heterocycles. The van der Waals surface area contributed by atoms with Gasteiger partial charge in [-0.25, -0.2) is 4.98 Å². The Labute approximate surface area is 174 Å². The van der Waals surface area contributed by atoms with Crippen molar-refractivity contribution in [3.63, 3.8) is 0 Å². The lowest BCUT2D eigenvalue weighted by atomic mass is 10.1. The number of aromatic nitrogens is 3. The van der Waals surface area contributed by atoms with E-state index in [0.29, 0.717) is 22.1 Å². The van der Waals surface area contributed by atoms with Gasteiger partial charge in [-0.05, 0) is 45.0 Å². The fourth-order valence-corrected chi connectivity index (χ4v) is 3.57. The highest BCUT2D eigenvalue weighted by atomic mass is 35.5. The summed E-state index contributed by atoms with van der Waals surface area (Å²) < 4.78 is 7.11. The lowest BCUT2D eigenvalue weighted by molar-refractivity contribution is 0.298. The third kappa shape index (κ3) is 4.18. The minimum absolute atomic E-state index is 0.117. The van der Waals surface area contributed by atoms with Crippen LogP contribution in [0.4, 0.5) is 0 Å². The Kier molecular flexibility index (Phi) is 6.35. The van der Waals surface area contributed by atoms with E-state index in [9.17, 15) is 9.90 Å². The zero-order valence-corrected chi connectivity index (χ0v) is 17.7. The Morgan fingerprint density at radius 3 is 2.48 bits per heavy atom. The summed E-state index contributed by atoms with van der Waals surface area (Å²) in [5, 5.41) is 10.00. The molecule has 0 unspecified atom stereocenters. The minimum Gasteiger partial charge on any atom is -0.496 e. The lowest BCUT2D eigenvalue weighted by Crippen LogP contribution is -2.29. The van der Waals surface area contributed by atoms with Crippen LogP contribution in [0.15, 0.2) is 35.3 Å². The zero-order valence-electron chi connectivity index (χ0n) is 17.0. The molecule has 0 atom stereocenters. The van der Waals surface area contributed by atoms with Crippen LogP contribution in [0.1, 0.15) is 28.1 Å². The monoisotopic (exact) mass is 413 g/mol. The van der Waals surface area contributed by atoms with Crippen LogP contribution in [0, 0.1) is 20.8 Å². The predicted molar refractivity (Wildman–Crippen MR) is 114 cm³/mol. The average Bonchev–Trinajstić information content (AvgIpc) is 2.70. The lowest BCUT2D eigenvalue weighted by Gasteiger charge is -2.18. The summed E-state index contributed by atoms with van der Waals surface area (Å²) in [5.74, 6) is 1.29. The van der Waals surface area contributed by atoms with E-state index in [1.807, 2.05) is 26.0 Å². The van der Waals surface area contributed by atoms with E-state index in [4.69, 9.17) is 16.3 Å². The highest BCUT2D eigenvalue weighted by Crippen LogP contribution is 2.26. The van der Waals surface area contributed by atoms with Crippen molar-refractivity contribution in [2.45, 2.75) is 33.7 Å². The summed E-state index contributed by atoms with van der Waals surface area (Å²) in [5.41, 5.74) is 4.25. The second kappa shape index (κ2) is 8.76. The van der Waals surface area contributed by atoms with Gasteiger partial charge < -0.3 is 9.84 Å². The molecular weight excluding hydrogens is 390 g/mol. The van der Waals surface area contributed by atoms with Crippen molar-refractivity contribution < 1.29 is 9.84 Å². The van der Waals surface area contributed by atoms with Crippen LogP contribution in [-0.2, 0) is 13.0 Å². The highest BCUT2D eigenvalue weighted by molar-refractivity contribution is 6.30. The molecule has 152 valence electrons. The first-order valence-corrected chi connectivity index (χ1v) is 9.71. The molecule has 0 bridgehead atoms. The van der Waals surface area contributed by atoms with Crippen molar-refractivity contribution in [1.82, 2.24) is 14.5 Å². The van der Waals surface area contributed by atoms with Crippen LogP contribution >= 0.6 is 11.6 Å². The summed E-state index contributed by atoms with van der Waals surface area (Å²) in [6.07, 6.45) is 1.99. The molecule has 1 aromatic carbocycles. The minimum atomic E-state index is -0.183. The van der Waals surface area contributed by atoms with Crippen molar-refractivity contribution in [1.29, 1.82) is 0 Å². The molecule has 2 aromatic heterocycles. The van der Waals surface area contributed by atoms with Crippen LogP contribution in [0.5, 0.6) is 5.75 Å². The predicted octanol–water partition coefficient (Wildman–Crippen LogP) is 3.48. The number of nitrogens with zero attached hydrogens (tertiary/aromatic N) is 3. The van der Waals surface area contributed by atoms with Gasteiger partial charge in [-0.15, -0.1) is 0 Å². The highest BCUT2D eigenvalue weighted by Gasteiger charge is 2.18. The van der Waals surface area contributed by atoms with Gasteiger partial charge in [0.25, 0.3) is 5.56 Å². The van der Waals surface area contributed by atoms with Crippen molar-refractivity contribution in [3.05, 3.63) is 73.9 Å². The second-order valence-electron chi connectivity index (χ2n) is 6.92. The molecule has 0 saturated carbocycles. The number of rotatable bonds is 6. The molecule has 1 N–H and O–H groups in total. The summed E-state index contributed by atoms with van der Waals surface area (Å²) >= 11 is 6.03. The van der Waals surface area contributed by atoms with Crippen LogP contribution in [-0.4, -0.2) is 33.4 Å². The SMILES string of the molecule is COc1c(C)cnc(Cn2c(-c3ccc(Cl)cc3)nc(C)c(CCO)c2=O)c1C. The number of hydrogen-bond donors (Lipinski definition) is 1. The van der Waals surface area contributed by atoms with E-state index < -0.39 is 0 Å². The molecule has 0 aliphatic rings. The second-order valence-corrected chi connectivity index (χ2v) is 7.35. The topological polar surface area (TPSA) is 77.2 Å². The van der Waals surface area contributed by atoms with Gasteiger partial charge >= 0.3 is 0 Å². The Hall–Kier alpha value is -2.70. The van der Waals surface area contributed by atoms with E-state index in [-0.39, 0.29) is 25.1 Å². The molecule has 0 aliphatic carbocycles. The third-order valence-electron chi connectivity index (χ3n) is 4.99. The van der Waals surface area contributed by atoms with Gasteiger partial charge in [-0.2, -0.15) is 0 Å². The number of hydrogen-bond acceptors (Lipinski definition) is 5. The molecule has 0 aliphatic heterocycles. The molecule has 7 heteroatoms. The molecule has 0 spiro atoms. The van der Waals surface area contributed by atoms with Crippen molar-refractivity contribution in [3.8, 4) is 17.1 Å². The van der Waals surface area contributed by atoms with Crippen LogP contribution in [0.3, 0.4) is 0 Å². The summed E-state index contributed by atoms with van der Waals surface area (Å²) in [6, 6.07) is 7.20. The Morgan fingerprint density at radius 2 is 1.86 bits per heavy atom. The maximum absolute atomic E-state index is 13.3. The van der Waals surface area contributed by atoms with Crippen molar-refractivity contribution >= 4 is 11.6 Å². The molecule has 0 amide bonds. The van der Waals surface area contributed by atoms with E-state index in [1.54, 1.807) is 36.9 Å². The van der Waals surface area contributed by atoms with Crippen LogP contribution in [0.25, 0.3) is 11.4 Å². The maximum atomic E-state index is 13.3. The van der Waals surface area contributed by atoms with E-state index >= 15 is 0 Å². The first-order valence-electron chi connectivity index (χ1n) is 9.33. The molecule has 0 fully saturated rings. The van der Waals surface area contributed by atoms with Gasteiger partial charge in [0.15, 0.2) is 0 Å². The summed E-state index contributed by atoms with van der Waals surface area (Å²) in [6.45, 7) is 5.77. The quantitative estimate of drug-likeness (QED) is 0.669. The number of pyridine rings is 1. The first-order chi connectivity index (χ1) is 13.9. The number of aliphatic hydroxyl groups is 1. The van der Waals surface area contributed by atoms with Gasteiger partial charge in [0.05, 0.1) is 19.3 Å².